The summed E-state index contributed by atoms with van der Waals surface area (Å²) in [4.78, 5) is 2.73. The Hall–Kier alpha value is -0.0400. The highest BCUT2D eigenvalue weighted by Gasteiger charge is 2.59. The minimum atomic E-state index is 0.721. The first kappa shape index (κ1) is 14.5. The van der Waals surface area contributed by atoms with Gasteiger partial charge >= 0.3 is 0 Å². The van der Waals surface area contributed by atoms with Crippen molar-refractivity contribution in [3.05, 3.63) is 0 Å². The first-order chi connectivity index (χ1) is 10.2. The standard InChI is InChI=1S/C20H35N/c1-3-21(4-2)15-19-10-16-9-17(11-19)13-20(12-16,14-19)18-7-5-6-8-18/h16-18H,3-15H2,1-2H3/t16-,17+,19?,20?. The molecule has 0 aromatic rings. The van der Waals surface area contributed by atoms with Crippen molar-refractivity contribution in [2.24, 2.45) is 28.6 Å². The van der Waals surface area contributed by atoms with Gasteiger partial charge < -0.3 is 4.90 Å². The molecule has 0 radical (unpaired) electrons. The highest BCUT2D eigenvalue weighted by atomic mass is 15.1. The molecule has 0 saturated heterocycles. The van der Waals surface area contributed by atoms with Crippen molar-refractivity contribution >= 4 is 0 Å². The molecule has 0 spiro atoms. The molecule has 0 N–H and O–H groups in total. The minimum Gasteiger partial charge on any atom is -0.303 e. The molecule has 5 fully saturated rings. The lowest BCUT2D eigenvalue weighted by molar-refractivity contribution is -0.143. The van der Waals surface area contributed by atoms with Crippen LogP contribution in [0.1, 0.15) is 78.1 Å². The van der Waals surface area contributed by atoms with Gasteiger partial charge in [0.2, 0.25) is 0 Å². The summed E-state index contributed by atoms with van der Waals surface area (Å²) in [6.45, 7) is 8.64. The van der Waals surface area contributed by atoms with Crippen LogP contribution in [0.5, 0.6) is 0 Å². The monoisotopic (exact) mass is 289 g/mol. The van der Waals surface area contributed by atoms with Gasteiger partial charge in [-0.1, -0.05) is 26.7 Å². The van der Waals surface area contributed by atoms with Gasteiger partial charge in [0, 0.05) is 6.54 Å². The van der Waals surface area contributed by atoms with Gasteiger partial charge in [-0.05, 0) is 93.0 Å². The van der Waals surface area contributed by atoms with Crippen molar-refractivity contribution in [2.75, 3.05) is 19.6 Å². The Balaban J connectivity index is 1.59. The molecule has 5 rings (SSSR count). The van der Waals surface area contributed by atoms with E-state index in [0.29, 0.717) is 0 Å². The Labute approximate surface area is 131 Å². The fraction of sp³-hybridized carbons (Fsp3) is 1.00. The van der Waals surface area contributed by atoms with Gasteiger partial charge in [0.25, 0.3) is 0 Å². The van der Waals surface area contributed by atoms with Gasteiger partial charge in [0.1, 0.15) is 0 Å². The van der Waals surface area contributed by atoms with Gasteiger partial charge in [-0.2, -0.15) is 0 Å². The average molecular weight is 290 g/mol. The Morgan fingerprint density at radius 1 is 0.905 bits per heavy atom. The summed E-state index contributed by atoms with van der Waals surface area (Å²) in [5, 5.41) is 0. The second-order valence-electron chi connectivity index (χ2n) is 9.27. The molecule has 120 valence electrons. The second-order valence-corrected chi connectivity index (χ2v) is 9.27. The molecule has 21 heavy (non-hydrogen) atoms. The van der Waals surface area contributed by atoms with Gasteiger partial charge in [-0.3, -0.25) is 0 Å². The third kappa shape index (κ3) is 2.38. The smallest absolute Gasteiger partial charge is 0.00381 e. The van der Waals surface area contributed by atoms with Crippen molar-refractivity contribution < 1.29 is 0 Å². The van der Waals surface area contributed by atoms with E-state index in [0.717, 1.165) is 28.6 Å². The van der Waals surface area contributed by atoms with E-state index in [1.54, 1.807) is 51.4 Å². The molecule has 5 aliphatic carbocycles. The molecule has 4 bridgehead atoms. The molecule has 0 heterocycles. The Bertz CT molecular complexity index is 363. The van der Waals surface area contributed by atoms with Crippen LogP contribution in [-0.2, 0) is 0 Å². The van der Waals surface area contributed by atoms with Gasteiger partial charge in [-0.15, -0.1) is 0 Å². The van der Waals surface area contributed by atoms with E-state index in [1.807, 2.05) is 0 Å². The van der Waals surface area contributed by atoms with Crippen LogP contribution in [0, 0.1) is 28.6 Å². The molecule has 5 saturated carbocycles. The fourth-order valence-electron chi connectivity index (χ4n) is 7.65. The van der Waals surface area contributed by atoms with Crippen LogP contribution < -0.4 is 0 Å². The zero-order valence-electron chi connectivity index (χ0n) is 14.4. The Kier molecular flexibility index (Phi) is 3.64. The summed E-state index contributed by atoms with van der Waals surface area (Å²) in [6, 6.07) is 0. The summed E-state index contributed by atoms with van der Waals surface area (Å²) in [6.07, 6.45) is 15.8. The van der Waals surface area contributed by atoms with Crippen LogP contribution in [-0.4, -0.2) is 24.5 Å². The van der Waals surface area contributed by atoms with E-state index in [4.69, 9.17) is 0 Å². The minimum absolute atomic E-state index is 0.721. The lowest BCUT2D eigenvalue weighted by Crippen LogP contribution is -2.57. The Morgan fingerprint density at radius 3 is 2.10 bits per heavy atom. The molecular formula is C20H35N. The van der Waals surface area contributed by atoms with Gasteiger partial charge in [0.05, 0.1) is 0 Å². The molecule has 0 aliphatic heterocycles. The van der Waals surface area contributed by atoms with Crippen LogP contribution in [0.25, 0.3) is 0 Å². The predicted molar refractivity (Wildman–Crippen MR) is 89.3 cm³/mol. The van der Waals surface area contributed by atoms with E-state index < -0.39 is 0 Å². The fourth-order valence-corrected chi connectivity index (χ4v) is 7.65. The van der Waals surface area contributed by atoms with Crippen molar-refractivity contribution in [1.29, 1.82) is 0 Å². The number of rotatable bonds is 5. The van der Waals surface area contributed by atoms with Crippen molar-refractivity contribution in [2.45, 2.75) is 78.1 Å². The molecule has 1 heteroatoms. The summed E-state index contributed by atoms with van der Waals surface area (Å²) < 4.78 is 0. The SMILES string of the molecule is CCN(CC)CC12C[C@H]3C[C@@H](C1)CC(C1CCCC1)(C3)C2. The molecule has 4 atom stereocenters. The first-order valence-corrected chi connectivity index (χ1v) is 9.89. The average Bonchev–Trinajstić information content (AvgIpc) is 2.98. The van der Waals surface area contributed by atoms with Crippen LogP contribution in [0.2, 0.25) is 0 Å². The third-order valence-corrected chi connectivity index (χ3v) is 7.90. The molecule has 2 unspecified atom stereocenters. The predicted octanol–water partition coefficient (Wildman–Crippen LogP) is 5.11. The van der Waals surface area contributed by atoms with Crippen molar-refractivity contribution in [3.8, 4) is 0 Å². The van der Waals surface area contributed by atoms with Gasteiger partial charge in [-0.25, -0.2) is 0 Å². The molecule has 0 aromatic heterocycles. The highest BCUT2D eigenvalue weighted by Crippen LogP contribution is 2.69. The summed E-state index contributed by atoms with van der Waals surface area (Å²) in [5.41, 5.74) is 1.52. The second kappa shape index (κ2) is 5.25. The first-order valence-electron chi connectivity index (χ1n) is 9.89. The Morgan fingerprint density at radius 2 is 1.52 bits per heavy atom. The maximum absolute atomic E-state index is 2.73. The van der Waals surface area contributed by atoms with Gasteiger partial charge in [0.15, 0.2) is 0 Å². The topological polar surface area (TPSA) is 3.24 Å². The summed E-state index contributed by atoms with van der Waals surface area (Å²) in [5.74, 6) is 3.31. The zero-order chi connectivity index (χ0) is 14.5. The number of hydrogen-bond donors (Lipinski definition) is 0. The molecule has 1 nitrogen and oxygen atoms in total. The van der Waals surface area contributed by atoms with E-state index >= 15 is 0 Å². The quantitative estimate of drug-likeness (QED) is 0.680. The largest absolute Gasteiger partial charge is 0.303 e. The maximum atomic E-state index is 2.73. The molecule has 0 amide bonds. The summed E-state index contributed by atoms with van der Waals surface area (Å²) >= 11 is 0. The van der Waals surface area contributed by atoms with Crippen molar-refractivity contribution in [3.63, 3.8) is 0 Å². The zero-order valence-corrected chi connectivity index (χ0v) is 14.4. The molecule has 0 aromatic carbocycles. The van der Waals surface area contributed by atoms with Crippen molar-refractivity contribution in [1.82, 2.24) is 4.90 Å². The maximum Gasteiger partial charge on any atom is 0.00381 e. The van der Waals surface area contributed by atoms with E-state index in [-0.39, 0.29) is 0 Å². The molecule has 5 aliphatic rings. The lowest BCUT2D eigenvalue weighted by atomic mass is 9.41. The lowest BCUT2D eigenvalue weighted by Gasteiger charge is -2.65. The van der Waals surface area contributed by atoms with Crippen LogP contribution in [0.4, 0.5) is 0 Å². The summed E-state index contributed by atoms with van der Waals surface area (Å²) in [7, 11) is 0. The normalized spacial score (nSPS) is 45.9. The third-order valence-electron chi connectivity index (χ3n) is 7.90. The number of nitrogens with zero attached hydrogens (tertiary/aromatic N) is 1. The number of hydrogen-bond acceptors (Lipinski definition) is 1. The van der Waals surface area contributed by atoms with E-state index in [1.165, 1.54) is 32.5 Å². The van der Waals surface area contributed by atoms with Crippen LogP contribution >= 0.6 is 0 Å². The van der Waals surface area contributed by atoms with Crippen LogP contribution in [0.3, 0.4) is 0 Å². The van der Waals surface area contributed by atoms with Crippen LogP contribution in [0.15, 0.2) is 0 Å². The molecular weight excluding hydrogens is 254 g/mol. The highest BCUT2D eigenvalue weighted by molar-refractivity contribution is 5.10. The van der Waals surface area contributed by atoms with E-state index in [9.17, 15) is 0 Å². The van der Waals surface area contributed by atoms with E-state index in [2.05, 4.69) is 18.7 Å².